The molecule has 1 saturated heterocycles. The second kappa shape index (κ2) is 12.6. The second-order valence-electron chi connectivity index (χ2n) is 11.9. The van der Waals surface area contributed by atoms with Gasteiger partial charge in [0.05, 0.1) is 18.4 Å². The van der Waals surface area contributed by atoms with Gasteiger partial charge in [-0.25, -0.2) is 4.98 Å². The van der Waals surface area contributed by atoms with Gasteiger partial charge in [-0.15, -0.1) is 0 Å². The molecular weight excluding hydrogens is 518 g/mol. The zero-order chi connectivity index (χ0) is 28.9. The molecule has 0 amide bonds. The molecule has 218 valence electrons. The lowest BCUT2D eigenvalue weighted by molar-refractivity contribution is 0.340. The summed E-state index contributed by atoms with van der Waals surface area (Å²) >= 11 is 0. The van der Waals surface area contributed by atoms with Crippen molar-refractivity contribution in [2.75, 3.05) is 26.2 Å². The summed E-state index contributed by atoms with van der Waals surface area (Å²) in [5.74, 6) is 1.33. The first-order chi connectivity index (χ1) is 20.6. The van der Waals surface area contributed by atoms with Crippen LogP contribution in [-0.4, -0.2) is 58.6 Å². The number of H-pyrrole nitrogens is 1. The Morgan fingerprint density at radius 2 is 1.86 bits per heavy atom. The third-order valence-corrected chi connectivity index (χ3v) is 9.48. The van der Waals surface area contributed by atoms with Crippen molar-refractivity contribution in [3.63, 3.8) is 0 Å². The normalized spacial score (nSPS) is 18.2. The van der Waals surface area contributed by atoms with E-state index in [0.717, 1.165) is 73.6 Å². The molecule has 4 heterocycles. The number of benzene rings is 1. The number of nitrogens with zero attached hydrogens (tertiary/aromatic N) is 5. The van der Waals surface area contributed by atoms with E-state index in [-0.39, 0.29) is 5.41 Å². The molecule has 1 atom stereocenters. The summed E-state index contributed by atoms with van der Waals surface area (Å²) in [4.78, 5) is 25.3. The number of hydrogen-bond acceptors (Lipinski definition) is 5. The quantitative estimate of drug-likeness (QED) is 0.181. The van der Waals surface area contributed by atoms with Gasteiger partial charge in [0.2, 0.25) is 0 Å². The van der Waals surface area contributed by atoms with Crippen molar-refractivity contribution in [3.8, 4) is 0 Å². The molecule has 3 aromatic heterocycles. The Morgan fingerprint density at radius 3 is 2.60 bits per heavy atom. The zero-order valence-corrected chi connectivity index (χ0v) is 25.1. The predicted molar refractivity (Wildman–Crippen MR) is 173 cm³/mol. The van der Waals surface area contributed by atoms with Gasteiger partial charge in [0.15, 0.2) is 0 Å². The van der Waals surface area contributed by atoms with Crippen LogP contribution in [0.15, 0.2) is 71.0 Å². The molecule has 1 aliphatic carbocycles. The number of piperazine rings is 1. The maximum absolute atomic E-state index is 5.38. The highest BCUT2D eigenvalue weighted by atomic mass is 15.2. The molecule has 2 N–H and O–H groups in total. The number of aliphatic imine (C=N–C) groups is 2. The van der Waals surface area contributed by atoms with Gasteiger partial charge in [-0.1, -0.05) is 63.4 Å². The molecule has 6 rings (SSSR count). The first kappa shape index (κ1) is 28.3. The third kappa shape index (κ3) is 5.38. The van der Waals surface area contributed by atoms with E-state index in [0.29, 0.717) is 12.5 Å². The van der Waals surface area contributed by atoms with Gasteiger partial charge < -0.3 is 15.2 Å². The minimum Gasteiger partial charge on any atom is -0.354 e. The predicted octanol–water partition coefficient (Wildman–Crippen LogP) is 6.91. The molecule has 0 spiro atoms. The number of aromatic nitrogens is 3. The molecule has 1 aromatic carbocycles. The molecule has 4 aromatic rings. The Kier molecular flexibility index (Phi) is 8.47. The Labute approximate surface area is 249 Å². The fourth-order valence-electron chi connectivity index (χ4n) is 6.90. The van der Waals surface area contributed by atoms with Crippen LogP contribution >= 0.6 is 0 Å². The number of pyridine rings is 2. The largest absolute Gasteiger partial charge is 0.354 e. The van der Waals surface area contributed by atoms with Crippen molar-refractivity contribution in [1.29, 1.82) is 0 Å². The van der Waals surface area contributed by atoms with E-state index in [1.54, 1.807) is 0 Å². The molecule has 42 heavy (non-hydrogen) atoms. The Morgan fingerprint density at radius 1 is 1.07 bits per heavy atom. The van der Waals surface area contributed by atoms with Crippen LogP contribution in [0.25, 0.3) is 11.0 Å². The molecule has 2 fully saturated rings. The van der Waals surface area contributed by atoms with Crippen molar-refractivity contribution in [2.45, 2.75) is 70.3 Å². The Balaban J connectivity index is 1.44. The highest BCUT2D eigenvalue weighted by Gasteiger charge is 2.37. The van der Waals surface area contributed by atoms with Crippen molar-refractivity contribution < 1.29 is 0 Å². The molecule has 0 bridgehead atoms. The summed E-state index contributed by atoms with van der Waals surface area (Å²) in [6.07, 6.45) is 12.8. The van der Waals surface area contributed by atoms with Gasteiger partial charge in [-0.05, 0) is 60.7 Å². The first-order valence-corrected chi connectivity index (χ1v) is 15.6. The summed E-state index contributed by atoms with van der Waals surface area (Å²) in [5.41, 5.74) is 7.86. The average Bonchev–Trinajstić information content (AvgIpc) is 3.51. The number of aromatic amines is 1. The molecule has 7 heteroatoms. The fourth-order valence-corrected chi connectivity index (χ4v) is 6.90. The minimum atomic E-state index is -0.000524. The number of hydrogen-bond donors (Lipinski definition) is 2. The van der Waals surface area contributed by atoms with Crippen molar-refractivity contribution >= 4 is 29.3 Å². The van der Waals surface area contributed by atoms with Crippen molar-refractivity contribution in [3.05, 3.63) is 89.0 Å². The molecule has 7 nitrogen and oxygen atoms in total. The number of fused-ring (bicyclic) bond motifs is 1. The number of nitrogens with one attached hydrogen (secondary N) is 2. The minimum absolute atomic E-state index is 0.000524. The van der Waals surface area contributed by atoms with Gasteiger partial charge in [0.1, 0.15) is 11.5 Å². The smallest absolute Gasteiger partial charge is 0.137 e. The van der Waals surface area contributed by atoms with Crippen LogP contribution in [0.4, 0.5) is 5.69 Å². The van der Waals surface area contributed by atoms with Crippen LogP contribution in [0, 0.1) is 0 Å². The summed E-state index contributed by atoms with van der Waals surface area (Å²) in [5, 5.41) is 4.65. The lowest BCUT2D eigenvalue weighted by atomic mass is 9.67. The summed E-state index contributed by atoms with van der Waals surface area (Å²) in [6, 6.07) is 15.5. The van der Waals surface area contributed by atoms with Crippen LogP contribution in [0.2, 0.25) is 0 Å². The molecule has 1 aliphatic heterocycles. The second-order valence-corrected chi connectivity index (χ2v) is 11.9. The van der Waals surface area contributed by atoms with Gasteiger partial charge in [0.25, 0.3) is 0 Å². The van der Waals surface area contributed by atoms with Gasteiger partial charge >= 0.3 is 0 Å². The van der Waals surface area contributed by atoms with Crippen molar-refractivity contribution in [2.24, 2.45) is 9.98 Å². The summed E-state index contributed by atoms with van der Waals surface area (Å²) in [7, 11) is 0. The third-order valence-electron chi connectivity index (χ3n) is 9.48. The van der Waals surface area contributed by atoms with Crippen LogP contribution in [0.1, 0.15) is 86.2 Å². The van der Waals surface area contributed by atoms with Crippen LogP contribution in [-0.2, 0) is 12.0 Å². The van der Waals surface area contributed by atoms with Gasteiger partial charge in [-0.2, -0.15) is 0 Å². The SMILES string of the molecule is C=Nc1cncc(C(C)CC)c1C(=NCc1ccnc2[nH]c(C3(c4ccccc4)CCCCC3)cc12)N1CCNCC1. The van der Waals surface area contributed by atoms with Crippen LogP contribution < -0.4 is 5.32 Å². The molecule has 1 unspecified atom stereocenters. The van der Waals surface area contributed by atoms with E-state index in [1.807, 2.05) is 18.6 Å². The number of amidine groups is 1. The first-order valence-electron chi connectivity index (χ1n) is 15.6. The maximum atomic E-state index is 5.38. The lowest BCUT2D eigenvalue weighted by Crippen LogP contribution is -2.47. The fraction of sp³-hybridized carbons (Fsp3) is 0.429. The standard InChI is InChI=1S/C35H43N7/c1-4-25(2)29-23-38-24-30(36-3)32(29)34(42-19-17-37-18-20-42)40-22-26-13-16-39-33-28(26)21-31(41-33)35(14-9-6-10-15-35)27-11-7-5-8-12-27/h5,7-8,11-13,16,21,23-25,37H,3-4,6,9-10,14-15,17-20,22H2,1-2H3,(H,39,41). The monoisotopic (exact) mass is 561 g/mol. The van der Waals surface area contributed by atoms with E-state index in [2.05, 4.69) is 88.2 Å². The summed E-state index contributed by atoms with van der Waals surface area (Å²) in [6.45, 7) is 12.6. The van der Waals surface area contributed by atoms with Gasteiger partial charge in [-0.3, -0.25) is 15.0 Å². The summed E-state index contributed by atoms with van der Waals surface area (Å²) < 4.78 is 0. The van der Waals surface area contributed by atoms with Crippen LogP contribution in [0.5, 0.6) is 0 Å². The number of rotatable bonds is 8. The molecule has 2 aliphatic rings. The molecular formula is C35H43N7. The Hall–Kier alpha value is -3.84. The van der Waals surface area contributed by atoms with E-state index in [1.165, 1.54) is 41.6 Å². The van der Waals surface area contributed by atoms with E-state index in [9.17, 15) is 0 Å². The highest BCUT2D eigenvalue weighted by molar-refractivity contribution is 6.04. The Bertz CT molecular complexity index is 1540. The lowest BCUT2D eigenvalue weighted by Gasteiger charge is -2.37. The average molecular weight is 562 g/mol. The van der Waals surface area contributed by atoms with Crippen molar-refractivity contribution in [1.82, 2.24) is 25.2 Å². The van der Waals surface area contributed by atoms with Crippen LogP contribution in [0.3, 0.4) is 0 Å². The van der Waals surface area contributed by atoms with E-state index in [4.69, 9.17) is 9.98 Å². The van der Waals surface area contributed by atoms with Gasteiger partial charge in [0, 0.05) is 60.6 Å². The maximum Gasteiger partial charge on any atom is 0.137 e. The topological polar surface area (TPSA) is 81.6 Å². The van der Waals surface area contributed by atoms with E-state index < -0.39 is 0 Å². The molecule has 1 saturated carbocycles. The zero-order valence-electron chi connectivity index (χ0n) is 25.1. The molecule has 0 radical (unpaired) electrons. The van der Waals surface area contributed by atoms with E-state index >= 15 is 0 Å². The highest BCUT2D eigenvalue weighted by Crippen LogP contribution is 2.45.